The second-order valence-corrected chi connectivity index (χ2v) is 9.23. The van der Waals surface area contributed by atoms with Crippen LogP contribution in [-0.4, -0.2) is 51.6 Å². The SMILES string of the molecule is CC[C@@H]1CC(N(Cc2cc(C(F)(F)F)cc(C(F)(F)F)c2)/C(N)=N/N(C)N)CN1c1nc(Cl)ncc1Cl. The van der Waals surface area contributed by atoms with Gasteiger partial charge < -0.3 is 15.5 Å². The molecule has 0 saturated carbocycles. The van der Waals surface area contributed by atoms with Gasteiger partial charge in [-0.1, -0.05) is 18.5 Å². The maximum absolute atomic E-state index is 13.4. The lowest BCUT2D eigenvalue weighted by Gasteiger charge is -2.31. The van der Waals surface area contributed by atoms with Crippen LogP contribution in [-0.2, 0) is 18.9 Å². The summed E-state index contributed by atoms with van der Waals surface area (Å²) in [6.07, 6.45) is -7.59. The van der Waals surface area contributed by atoms with Crippen LogP contribution >= 0.6 is 23.2 Å². The molecule has 1 saturated heterocycles. The van der Waals surface area contributed by atoms with Gasteiger partial charge in [-0.2, -0.15) is 31.3 Å². The molecule has 2 atom stereocenters. The summed E-state index contributed by atoms with van der Waals surface area (Å²) in [6.45, 7) is 1.74. The first-order chi connectivity index (χ1) is 17.1. The maximum atomic E-state index is 13.4. The Morgan fingerprint density at radius 1 is 1.14 bits per heavy atom. The number of alkyl halides is 6. The van der Waals surface area contributed by atoms with Gasteiger partial charge in [0, 0.05) is 26.2 Å². The third-order valence-corrected chi connectivity index (χ3v) is 6.28. The van der Waals surface area contributed by atoms with Crippen molar-refractivity contribution in [3.8, 4) is 0 Å². The van der Waals surface area contributed by atoms with E-state index in [0.717, 1.165) is 5.12 Å². The summed E-state index contributed by atoms with van der Waals surface area (Å²) in [6, 6.07) is 0.748. The summed E-state index contributed by atoms with van der Waals surface area (Å²) in [4.78, 5) is 11.3. The van der Waals surface area contributed by atoms with Gasteiger partial charge in [0.15, 0.2) is 5.82 Å². The van der Waals surface area contributed by atoms with E-state index in [9.17, 15) is 26.3 Å². The molecule has 2 heterocycles. The summed E-state index contributed by atoms with van der Waals surface area (Å²) >= 11 is 12.2. The van der Waals surface area contributed by atoms with Gasteiger partial charge in [-0.3, -0.25) is 0 Å². The minimum absolute atomic E-state index is 0.0379. The molecule has 1 aliphatic heterocycles. The van der Waals surface area contributed by atoms with Crippen molar-refractivity contribution in [1.29, 1.82) is 0 Å². The van der Waals surface area contributed by atoms with Crippen molar-refractivity contribution in [2.75, 3.05) is 18.5 Å². The van der Waals surface area contributed by atoms with Crippen LogP contribution in [0.5, 0.6) is 0 Å². The number of hydrogen-bond donors (Lipinski definition) is 2. The Morgan fingerprint density at radius 2 is 1.73 bits per heavy atom. The molecule has 1 aromatic heterocycles. The number of hydrazone groups is 1. The lowest BCUT2D eigenvalue weighted by molar-refractivity contribution is -0.143. The Morgan fingerprint density at radius 3 is 2.24 bits per heavy atom. The molecule has 1 unspecified atom stereocenters. The highest BCUT2D eigenvalue weighted by Gasteiger charge is 2.39. The Kier molecular flexibility index (Phi) is 8.54. The topological polar surface area (TPSA) is 99.9 Å². The molecule has 204 valence electrons. The molecular weight excluding hydrogens is 549 g/mol. The molecule has 8 nitrogen and oxygen atoms in total. The monoisotopic (exact) mass is 572 g/mol. The van der Waals surface area contributed by atoms with E-state index in [1.807, 2.05) is 11.8 Å². The molecule has 16 heteroatoms. The number of nitrogens with zero attached hydrogens (tertiary/aromatic N) is 6. The Labute approximate surface area is 218 Å². The molecule has 0 bridgehead atoms. The largest absolute Gasteiger partial charge is 0.416 e. The van der Waals surface area contributed by atoms with Gasteiger partial charge in [-0.25, -0.2) is 15.9 Å². The van der Waals surface area contributed by atoms with Crippen LogP contribution in [0.3, 0.4) is 0 Å². The molecule has 1 aliphatic rings. The standard InChI is InChI=1S/C21H24Cl2F6N8/c1-3-14-7-15(10-36(14)17-16(22)8-32-18(23)33-17)37(19(30)34-35(2)31)9-11-4-12(20(24,25)26)6-13(5-11)21(27,28)29/h4-6,8,14-15H,3,7,9-10,31H2,1-2H3,(H2,30,34)/t14-,15?/m1/s1. The van der Waals surface area contributed by atoms with Crippen molar-refractivity contribution >= 4 is 35.0 Å². The van der Waals surface area contributed by atoms with Gasteiger partial charge >= 0.3 is 12.4 Å². The number of benzene rings is 1. The normalized spacial score (nSPS) is 18.9. The minimum Gasteiger partial charge on any atom is -0.368 e. The number of guanidine groups is 1. The number of aromatic nitrogens is 2. The van der Waals surface area contributed by atoms with E-state index in [0.29, 0.717) is 30.8 Å². The molecule has 1 aromatic carbocycles. The van der Waals surface area contributed by atoms with E-state index < -0.39 is 36.1 Å². The van der Waals surface area contributed by atoms with Gasteiger partial charge in [-0.05, 0) is 48.2 Å². The summed E-state index contributed by atoms with van der Waals surface area (Å²) in [5.41, 5.74) is 3.03. The fraction of sp³-hybridized carbons (Fsp3) is 0.476. The van der Waals surface area contributed by atoms with Crippen molar-refractivity contribution in [1.82, 2.24) is 20.0 Å². The molecule has 0 aliphatic carbocycles. The molecule has 37 heavy (non-hydrogen) atoms. The van der Waals surface area contributed by atoms with Gasteiger partial charge in [0.2, 0.25) is 11.2 Å². The van der Waals surface area contributed by atoms with E-state index in [4.69, 9.17) is 34.8 Å². The number of hydrogen-bond acceptors (Lipinski definition) is 6. The van der Waals surface area contributed by atoms with Crippen LogP contribution in [0.15, 0.2) is 29.5 Å². The predicted octanol–water partition coefficient (Wildman–Crippen LogP) is 4.72. The first-order valence-corrected chi connectivity index (χ1v) is 11.7. The van der Waals surface area contributed by atoms with Gasteiger partial charge in [0.25, 0.3) is 0 Å². The molecule has 4 N–H and O–H groups in total. The predicted molar refractivity (Wildman–Crippen MR) is 127 cm³/mol. The first kappa shape index (κ1) is 28.9. The number of halogens is 8. The van der Waals surface area contributed by atoms with Crippen molar-refractivity contribution in [2.45, 2.75) is 50.7 Å². The number of nitrogens with two attached hydrogens (primary N) is 2. The summed E-state index contributed by atoms with van der Waals surface area (Å²) in [5, 5.41) is 5.02. The quantitative estimate of drug-likeness (QED) is 0.129. The number of anilines is 1. The van der Waals surface area contributed by atoms with Crippen molar-refractivity contribution in [2.24, 2.45) is 16.7 Å². The van der Waals surface area contributed by atoms with E-state index in [2.05, 4.69) is 15.1 Å². The smallest absolute Gasteiger partial charge is 0.368 e. The van der Waals surface area contributed by atoms with Crippen molar-refractivity contribution in [3.05, 3.63) is 51.4 Å². The second-order valence-electron chi connectivity index (χ2n) is 8.49. The second kappa shape index (κ2) is 11.0. The zero-order valence-corrected chi connectivity index (χ0v) is 21.2. The van der Waals surface area contributed by atoms with Gasteiger partial charge in [-0.15, -0.1) is 5.10 Å². The van der Waals surface area contributed by atoms with Gasteiger partial charge in [0.05, 0.1) is 23.4 Å². The zero-order valence-electron chi connectivity index (χ0n) is 19.7. The lowest BCUT2D eigenvalue weighted by Crippen LogP contribution is -2.47. The third-order valence-electron chi connectivity index (χ3n) is 5.83. The average molecular weight is 573 g/mol. The third kappa shape index (κ3) is 6.99. The highest BCUT2D eigenvalue weighted by molar-refractivity contribution is 6.33. The summed E-state index contributed by atoms with van der Waals surface area (Å²) in [5.74, 6) is 5.73. The van der Waals surface area contributed by atoms with E-state index >= 15 is 0 Å². The lowest BCUT2D eigenvalue weighted by atomic mass is 10.0. The molecule has 0 radical (unpaired) electrons. The molecular formula is C21H24Cl2F6N8. The van der Waals surface area contributed by atoms with E-state index in [1.54, 1.807) is 0 Å². The first-order valence-electron chi connectivity index (χ1n) is 10.9. The van der Waals surface area contributed by atoms with Crippen LogP contribution in [0.25, 0.3) is 0 Å². The van der Waals surface area contributed by atoms with Crippen molar-refractivity contribution in [3.63, 3.8) is 0 Å². The van der Waals surface area contributed by atoms with Crippen LogP contribution in [0.2, 0.25) is 10.3 Å². The summed E-state index contributed by atoms with van der Waals surface area (Å²) in [7, 11) is 1.37. The van der Waals surface area contributed by atoms with E-state index in [1.165, 1.54) is 18.1 Å². The van der Waals surface area contributed by atoms with E-state index in [-0.39, 0.29) is 40.5 Å². The maximum Gasteiger partial charge on any atom is 0.416 e. The fourth-order valence-electron chi connectivity index (χ4n) is 4.23. The number of hydrazine groups is 1. The number of rotatable bonds is 6. The molecule has 0 amide bonds. The molecule has 0 spiro atoms. The molecule has 2 aromatic rings. The Balaban J connectivity index is 2.04. The van der Waals surface area contributed by atoms with Crippen LogP contribution in [0.4, 0.5) is 32.2 Å². The van der Waals surface area contributed by atoms with Crippen molar-refractivity contribution < 1.29 is 26.3 Å². The Hall–Kier alpha value is -2.71. The Bertz CT molecular complexity index is 1110. The van der Waals surface area contributed by atoms with Crippen LogP contribution in [0, 0.1) is 0 Å². The van der Waals surface area contributed by atoms with Crippen LogP contribution < -0.4 is 16.5 Å². The van der Waals surface area contributed by atoms with Crippen LogP contribution in [0.1, 0.15) is 36.5 Å². The van der Waals surface area contributed by atoms with Gasteiger partial charge in [0.1, 0.15) is 5.02 Å². The highest BCUT2D eigenvalue weighted by Crippen LogP contribution is 2.38. The molecule has 3 rings (SSSR count). The fourth-order valence-corrected chi connectivity index (χ4v) is 4.55. The summed E-state index contributed by atoms with van der Waals surface area (Å²) < 4.78 is 80.5. The zero-order chi connectivity index (χ0) is 27.7. The average Bonchev–Trinajstić information content (AvgIpc) is 3.21. The molecule has 1 fully saturated rings. The highest BCUT2D eigenvalue weighted by atomic mass is 35.5. The minimum atomic E-state index is -4.99.